The van der Waals surface area contributed by atoms with Crippen molar-refractivity contribution in [3.8, 4) is 0 Å². The van der Waals surface area contributed by atoms with Gasteiger partial charge in [-0.3, -0.25) is 0 Å². The summed E-state index contributed by atoms with van der Waals surface area (Å²) in [6, 6.07) is 0. The van der Waals surface area contributed by atoms with E-state index in [4.69, 9.17) is 10.5 Å². The Morgan fingerprint density at radius 2 is 2.06 bits per heavy atom. The predicted molar refractivity (Wildman–Crippen MR) is 65.2 cm³/mol. The van der Waals surface area contributed by atoms with Gasteiger partial charge in [0.2, 0.25) is 0 Å². The summed E-state index contributed by atoms with van der Waals surface area (Å²) in [5.74, 6) is -0.260. The first-order valence-electron chi connectivity index (χ1n) is 5.19. The number of aromatic nitrogens is 2. The molecule has 0 aliphatic carbocycles. The topological polar surface area (TPSA) is 81.3 Å². The summed E-state index contributed by atoms with van der Waals surface area (Å²) in [5.41, 5.74) is 6.39. The second kappa shape index (κ2) is 5.83. The lowest BCUT2D eigenvalue weighted by Gasteiger charge is -2.11. The Hall–Kier alpha value is -2.11. The van der Waals surface area contributed by atoms with E-state index in [9.17, 15) is 4.79 Å². The van der Waals surface area contributed by atoms with E-state index in [1.165, 1.54) is 0 Å². The number of carbonyl (C=O) groups excluding carboxylic acids is 1. The van der Waals surface area contributed by atoms with E-state index in [0.29, 0.717) is 0 Å². The first-order valence-corrected chi connectivity index (χ1v) is 5.19. The zero-order valence-corrected chi connectivity index (χ0v) is 10.2. The van der Waals surface area contributed by atoms with Crippen LogP contribution >= 0.6 is 0 Å². The fourth-order valence-corrected chi connectivity index (χ4v) is 1.13. The Morgan fingerprint density at radius 1 is 1.47 bits per heavy atom. The maximum Gasteiger partial charge on any atom is 0.343 e. The van der Waals surface area contributed by atoms with Crippen LogP contribution in [-0.4, -0.2) is 36.6 Å². The van der Waals surface area contributed by atoms with Gasteiger partial charge in [0.05, 0.1) is 24.7 Å². The summed E-state index contributed by atoms with van der Waals surface area (Å²) in [4.78, 5) is 21.5. The van der Waals surface area contributed by atoms with Crippen LogP contribution in [0.15, 0.2) is 18.6 Å². The molecule has 0 bridgehead atoms. The quantitative estimate of drug-likeness (QED) is 0.602. The number of carbonyl (C=O) groups is 1. The van der Waals surface area contributed by atoms with Crippen molar-refractivity contribution in [1.29, 1.82) is 0 Å². The van der Waals surface area contributed by atoms with E-state index in [-0.39, 0.29) is 18.0 Å². The standard InChI is InChI=1S/C11H16N4O2/c1-4-17-11(16)9(5-12)10-13-6-8(7-14-10)15(2)3/h5-7H,4,12H2,1-3H3/b9-5+. The second-order valence-corrected chi connectivity index (χ2v) is 3.46. The highest BCUT2D eigenvalue weighted by Crippen LogP contribution is 2.13. The molecule has 0 aromatic carbocycles. The molecule has 6 heteroatoms. The van der Waals surface area contributed by atoms with Crippen LogP contribution in [0.2, 0.25) is 0 Å². The van der Waals surface area contributed by atoms with Gasteiger partial charge in [0.1, 0.15) is 5.57 Å². The smallest absolute Gasteiger partial charge is 0.343 e. The van der Waals surface area contributed by atoms with Crippen molar-refractivity contribution in [3.05, 3.63) is 24.4 Å². The second-order valence-electron chi connectivity index (χ2n) is 3.46. The molecule has 0 aliphatic heterocycles. The fraction of sp³-hybridized carbons (Fsp3) is 0.364. The van der Waals surface area contributed by atoms with E-state index in [1.54, 1.807) is 19.3 Å². The average molecular weight is 236 g/mol. The number of ether oxygens (including phenoxy) is 1. The van der Waals surface area contributed by atoms with E-state index < -0.39 is 5.97 Å². The highest BCUT2D eigenvalue weighted by atomic mass is 16.5. The third-order valence-electron chi connectivity index (χ3n) is 2.06. The summed E-state index contributed by atoms with van der Waals surface area (Å²) in [6.07, 6.45) is 4.39. The Morgan fingerprint density at radius 3 is 2.47 bits per heavy atom. The highest BCUT2D eigenvalue weighted by molar-refractivity contribution is 6.15. The lowest BCUT2D eigenvalue weighted by molar-refractivity contribution is -0.136. The Bertz CT molecular complexity index is 412. The summed E-state index contributed by atoms with van der Waals surface area (Å²) in [6.45, 7) is 2.01. The Kier molecular flexibility index (Phi) is 4.45. The van der Waals surface area contributed by atoms with Crippen molar-refractivity contribution in [1.82, 2.24) is 9.97 Å². The minimum atomic E-state index is -0.521. The molecular formula is C11H16N4O2. The minimum absolute atomic E-state index is 0.164. The number of hydrogen-bond donors (Lipinski definition) is 1. The van der Waals surface area contributed by atoms with Gasteiger partial charge in [-0.15, -0.1) is 0 Å². The van der Waals surface area contributed by atoms with Crippen LogP contribution in [0.25, 0.3) is 5.57 Å². The molecule has 1 aromatic rings. The first kappa shape index (κ1) is 13.0. The van der Waals surface area contributed by atoms with Gasteiger partial charge in [-0.05, 0) is 6.92 Å². The molecule has 0 radical (unpaired) electrons. The third-order valence-corrected chi connectivity index (χ3v) is 2.06. The van der Waals surface area contributed by atoms with Crippen LogP contribution in [0.4, 0.5) is 5.69 Å². The molecule has 0 amide bonds. The number of rotatable bonds is 4. The molecule has 17 heavy (non-hydrogen) atoms. The van der Waals surface area contributed by atoms with Crippen LogP contribution < -0.4 is 10.6 Å². The van der Waals surface area contributed by atoms with E-state index in [1.807, 2.05) is 19.0 Å². The normalized spacial score (nSPS) is 11.1. The van der Waals surface area contributed by atoms with Crippen molar-refractivity contribution < 1.29 is 9.53 Å². The maximum absolute atomic E-state index is 11.5. The van der Waals surface area contributed by atoms with Gasteiger partial charge in [-0.2, -0.15) is 0 Å². The van der Waals surface area contributed by atoms with Crippen molar-refractivity contribution >= 4 is 17.2 Å². The molecule has 0 atom stereocenters. The van der Waals surface area contributed by atoms with E-state index in [2.05, 4.69) is 9.97 Å². The molecule has 0 spiro atoms. The molecule has 1 aromatic heterocycles. The average Bonchev–Trinajstić information content (AvgIpc) is 2.31. The third kappa shape index (κ3) is 3.17. The van der Waals surface area contributed by atoms with Gasteiger partial charge in [0.15, 0.2) is 5.82 Å². The van der Waals surface area contributed by atoms with E-state index >= 15 is 0 Å². The molecule has 1 rings (SSSR count). The summed E-state index contributed by atoms with van der Waals surface area (Å²) >= 11 is 0. The number of esters is 1. The Labute approximate surface area is 100 Å². The monoisotopic (exact) mass is 236 g/mol. The molecule has 0 saturated carbocycles. The summed E-state index contributed by atoms with van der Waals surface area (Å²) < 4.78 is 4.85. The molecule has 0 aliphatic rings. The first-order chi connectivity index (χ1) is 8.10. The lowest BCUT2D eigenvalue weighted by Crippen LogP contribution is -2.13. The van der Waals surface area contributed by atoms with Crippen LogP contribution in [0, 0.1) is 0 Å². The lowest BCUT2D eigenvalue weighted by atomic mass is 10.2. The SMILES string of the molecule is CCOC(=O)/C(=C/N)c1ncc(N(C)C)cn1. The number of hydrogen-bond acceptors (Lipinski definition) is 6. The zero-order chi connectivity index (χ0) is 12.8. The van der Waals surface area contributed by atoms with Crippen molar-refractivity contribution in [3.63, 3.8) is 0 Å². The molecule has 92 valence electrons. The zero-order valence-electron chi connectivity index (χ0n) is 10.2. The van der Waals surface area contributed by atoms with Crippen LogP contribution in [0.5, 0.6) is 0 Å². The number of nitrogens with zero attached hydrogens (tertiary/aromatic N) is 3. The summed E-state index contributed by atoms with van der Waals surface area (Å²) in [5, 5.41) is 0. The maximum atomic E-state index is 11.5. The largest absolute Gasteiger partial charge is 0.462 e. The predicted octanol–water partition coefficient (Wildman–Crippen LogP) is 0.405. The van der Waals surface area contributed by atoms with Gasteiger partial charge >= 0.3 is 5.97 Å². The molecule has 1 heterocycles. The van der Waals surface area contributed by atoms with Gasteiger partial charge in [-0.25, -0.2) is 14.8 Å². The van der Waals surface area contributed by atoms with Crippen molar-refractivity contribution in [2.75, 3.05) is 25.6 Å². The van der Waals surface area contributed by atoms with E-state index in [0.717, 1.165) is 11.9 Å². The van der Waals surface area contributed by atoms with Crippen LogP contribution in [-0.2, 0) is 9.53 Å². The molecular weight excluding hydrogens is 220 g/mol. The van der Waals surface area contributed by atoms with Gasteiger partial charge < -0.3 is 15.4 Å². The molecule has 2 N–H and O–H groups in total. The van der Waals surface area contributed by atoms with Crippen LogP contribution in [0.1, 0.15) is 12.7 Å². The number of nitrogens with two attached hydrogens (primary N) is 1. The molecule has 6 nitrogen and oxygen atoms in total. The minimum Gasteiger partial charge on any atom is -0.462 e. The van der Waals surface area contributed by atoms with Gasteiger partial charge in [0, 0.05) is 20.3 Å². The van der Waals surface area contributed by atoms with Crippen LogP contribution in [0.3, 0.4) is 0 Å². The highest BCUT2D eigenvalue weighted by Gasteiger charge is 2.15. The van der Waals surface area contributed by atoms with Gasteiger partial charge in [-0.1, -0.05) is 0 Å². The van der Waals surface area contributed by atoms with Crippen molar-refractivity contribution in [2.45, 2.75) is 6.92 Å². The van der Waals surface area contributed by atoms with Gasteiger partial charge in [0.25, 0.3) is 0 Å². The number of anilines is 1. The molecule has 0 unspecified atom stereocenters. The fourth-order valence-electron chi connectivity index (χ4n) is 1.13. The molecule has 0 saturated heterocycles. The van der Waals surface area contributed by atoms with Crippen molar-refractivity contribution in [2.24, 2.45) is 5.73 Å². The molecule has 0 fully saturated rings. The summed E-state index contributed by atoms with van der Waals surface area (Å²) in [7, 11) is 3.76. The Balaban J connectivity index is 2.94.